The van der Waals surface area contributed by atoms with Crippen molar-refractivity contribution in [3.05, 3.63) is 22.8 Å². The maximum absolute atomic E-state index is 12.5. The molecule has 7 heteroatoms. The smallest absolute Gasteiger partial charge is 0.396 e. The Morgan fingerprint density at radius 1 is 1.47 bits per heavy atom. The average Bonchev–Trinajstić information content (AvgIpc) is 2.37. The van der Waals surface area contributed by atoms with Gasteiger partial charge < -0.3 is 5.11 Å². The van der Waals surface area contributed by atoms with Crippen LogP contribution in [-0.4, -0.2) is 24.8 Å². The molecule has 2 rings (SSSR count). The fourth-order valence-corrected chi connectivity index (χ4v) is 2.58. The molecule has 2 N–H and O–H groups in total. The zero-order valence-corrected chi connectivity index (χ0v) is 10.9. The third-order valence-electron chi connectivity index (χ3n) is 3.29. The molecular weight excluding hydrogens is 281 g/mol. The number of anilines is 1. The quantitative estimate of drug-likeness (QED) is 0.910. The summed E-state index contributed by atoms with van der Waals surface area (Å²) in [6.07, 6.45) is -1.68. The molecule has 2 heterocycles. The Labute approximate surface area is 114 Å². The highest BCUT2D eigenvalue weighted by Gasteiger charge is 2.34. The van der Waals surface area contributed by atoms with Crippen LogP contribution < -0.4 is 9.88 Å². The largest absolute Gasteiger partial charge is 0.419 e. The Kier molecular flexibility index (Phi) is 4.20. The van der Waals surface area contributed by atoms with E-state index >= 15 is 0 Å². The molecule has 1 aromatic rings. The number of aliphatic hydroxyl groups is 1. The van der Waals surface area contributed by atoms with Crippen LogP contribution in [0, 0.1) is 5.92 Å². The number of nitrogens with zero attached hydrogens (tertiary/aromatic N) is 1. The van der Waals surface area contributed by atoms with Gasteiger partial charge in [-0.2, -0.15) is 13.2 Å². The summed E-state index contributed by atoms with van der Waals surface area (Å²) < 4.78 is 37.6. The molecule has 1 aromatic heterocycles. The SMILES string of the molecule is OC[C@@H]1CCCN(c2[nH+]cc(C(F)(F)F)cc2Cl)C1. The first kappa shape index (κ1) is 14.4. The zero-order valence-electron chi connectivity index (χ0n) is 10.2. The van der Waals surface area contributed by atoms with E-state index in [1.165, 1.54) is 0 Å². The van der Waals surface area contributed by atoms with Crippen molar-refractivity contribution < 1.29 is 23.3 Å². The molecule has 1 aliphatic rings. The van der Waals surface area contributed by atoms with E-state index < -0.39 is 11.7 Å². The van der Waals surface area contributed by atoms with E-state index in [1.54, 1.807) is 0 Å². The lowest BCUT2D eigenvalue weighted by molar-refractivity contribution is -0.367. The normalized spacial score (nSPS) is 20.7. The van der Waals surface area contributed by atoms with Crippen LogP contribution in [0.1, 0.15) is 18.4 Å². The molecule has 0 aliphatic carbocycles. The van der Waals surface area contributed by atoms with Gasteiger partial charge in [-0.1, -0.05) is 11.6 Å². The van der Waals surface area contributed by atoms with E-state index in [0.29, 0.717) is 12.4 Å². The second-order valence-corrected chi connectivity index (χ2v) is 5.13. The first-order valence-electron chi connectivity index (χ1n) is 6.06. The summed E-state index contributed by atoms with van der Waals surface area (Å²) in [6, 6.07) is 0.927. The van der Waals surface area contributed by atoms with Crippen molar-refractivity contribution in [1.29, 1.82) is 0 Å². The van der Waals surface area contributed by atoms with Crippen LogP contribution >= 0.6 is 11.6 Å². The third-order valence-corrected chi connectivity index (χ3v) is 3.58. The van der Waals surface area contributed by atoms with Crippen LogP contribution in [0.4, 0.5) is 19.0 Å². The first-order chi connectivity index (χ1) is 8.91. The Bertz CT molecular complexity index is 453. The lowest BCUT2D eigenvalue weighted by Crippen LogP contribution is -2.40. The van der Waals surface area contributed by atoms with Gasteiger partial charge in [0.1, 0.15) is 11.2 Å². The topological polar surface area (TPSA) is 37.6 Å². The van der Waals surface area contributed by atoms with Gasteiger partial charge in [0.2, 0.25) is 0 Å². The molecule has 1 atom stereocenters. The van der Waals surface area contributed by atoms with Crippen molar-refractivity contribution in [2.24, 2.45) is 5.92 Å². The van der Waals surface area contributed by atoms with Crippen molar-refractivity contribution >= 4 is 17.4 Å². The van der Waals surface area contributed by atoms with Gasteiger partial charge in [0, 0.05) is 12.5 Å². The summed E-state index contributed by atoms with van der Waals surface area (Å²) >= 11 is 5.92. The lowest BCUT2D eigenvalue weighted by atomic mass is 9.99. The maximum Gasteiger partial charge on any atom is 0.419 e. The van der Waals surface area contributed by atoms with Crippen molar-refractivity contribution in [2.45, 2.75) is 19.0 Å². The molecule has 0 spiro atoms. The van der Waals surface area contributed by atoms with Gasteiger partial charge in [0.15, 0.2) is 0 Å². The first-order valence-corrected chi connectivity index (χ1v) is 6.44. The second-order valence-electron chi connectivity index (χ2n) is 4.72. The Hall–Kier alpha value is -1.01. The zero-order chi connectivity index (χ0) is 14.0. The van der Waals surface area contributed by atoms with Gasteiger partial charge in [0.05, 0.1) is 18.7 Å². The molecule has 106 valence electrons. The van der Waals surface area contributed by atoms with Gasteiger partial charge in [-0.3, -0.25) is 4.90 Å². The van der Waals surface area contributed by atoms with E-state index in [4.69, 9.17) is 16.7 Å². The number of halogens is 4. The fourth-order valence-electron chi connectivity index (χ4n) is 2.28. The van der Waals surface area contributed by atoms with Crippen molar-refractivity contribution in [3.63, 3.8) is 0 Å². The lowest BCUT2D eigenvalue weighted by Gasteiger charge is -2.27. The highest BCUT2D eigenvalue weighted by atomic mass is 35.5. The van der Waals surface area contributed by atoms with Crippen molar-refractivity contribution in [2.75, 3.05) is 24.6 Å². The molecule has 3 nitrogen and oxygen atoms in total. The Morgan fingerprint density at radius 2 is 2.21 bits per heavy atom. The number of piperidine rings is 1. The summed E-state index contributed by atoms with van der Waals surface area (Å²) in [5.74, 6) is 0.619. The number of rotatable bonds is 2. The van der Waals surface area contributed by atoms with Gasteiger partial charge >= 0.3 is 6.18 Å². The number of pyridine rings is 1. The number of alkyl halides is 3. The van der Waals surface area contributed by atoms with Crippen LogP contribution in [-0.2, 0) is 6.18 Å². The molecular formula is C12H15ClF3N2O+. The predicted octanol–water partition coefficient (Wildman–Crippen LogP) is 2.38. The van der Waals surface area contributed by atoms with Gasteiger partial charge in [0.25, 0.3) is 5.82 Å². The summed E-state index contributed by atoms with van der Waals surface area (Å²) in [4.78, 5) is 4.50. The van der Waals surface area contributed by atoms with Gasteiger partial charge in [-0.25, -0.2) is 4.98 Å². The average molecular weight is 296 g/mol. The van der Waals surface area contributed by atoms with E-state index in [2.05, 4.69) is 4.98 Å². The summed E-state index contributed by atoms with van der Waals surface area (Å²) in [5, 5.41) is 9.21. The highest BCUT2D eigenvalue weighted by molar-refractivity contribution is 6.32. The maximum atomic E-state index is 12.5. The van der Waals surface area contributed by atoms with E-state index in [-0.39, 0.29) is 17.5 Å². The number of aromatic nitrogens is 1. The standard InChI is InChI=1S/C12H14ClF3N2O/c13-10-4-9(12(14,15)16)5-17-11(10)18-3-1-2-8(6-18)7-19/h4-5,8,19H,1-3,6-7H2/p+1/t8-/m1/s1. The highest BCUT2D eigenvalue weighted by Crippen LogP contribution is 2.33. The molecule has 0 saturated carbocycles. The van der Waals surface area contributed by atoms with Crippen LogP contribution in [0.5, 0.6) is 0 Å². The van der Waals surface area contributed by atoms with Crippen molar-refractivity contribution in [1.82, 2.24) is 0 Å². The molecule has 0 aromatic carbocycles. The summed E-state index contributed by atoms with van der Waals surface area (Å²) in [6.45, 7) is 1.39. The molecule has 0 radical (unpaired) electrons. The molecule has 1 aliphatic heterocycles. The molecule has 19 heavy (non-hydrogen) atoms. The fraction of sp³-hybridized carbons (Fsp3) is 0.583. The second kappa shape index (κ2) is 5.54. The monoisotopic (exact) mass is 295 g/mol. The van der Waals surface area contributed by atoms with E-state index in [0.717, 1.165) is 31.6 Å². The number of aliphatic hydroxyl groups excluding tert-OH is 1. The molecule has 0 unspecified atom stereocenters. The third kappa shape index (κ3) is 3.30. The van der Waals surface area contributed by atoms with E-state index in [1.807, 2.05) is 4.90 Å². The van der Waals surface area contributed by atoms with Gasteiger partial charge in [-0.15, -0.1) is 0 Å². The molecule has 0 amide bonds. The van der Waals surface area contributed by atoms with Crippen LogP contribution in [0.25, 0.3) is 0 Å². The number of hydrogen-bond donors (Lipinski definition) is 1. The number of H-pyrrole nitrogens is 1. The molecule has 1 saturated heterocycles. The number of aromatic amines is 1. The van der Waals surface area contributed by atoms with E-state index in [9.17, 15) is 13.2 Å². The Balaban J connectivity index is 2.21. The summed E-state index contributed by atoms with van der Waals surface area (Å²) in [7, 11) is 0. The van der Waals surface area contributed by atoms with Crippen LogP contribution in [0.2, 0.25) is 5.02 Å². The van der Waals surface area contributed by atoms with Crippen LogP contribution in [0.15, 0.2) is 12.3 Å². The minimum atomic E-state index is -4.41. The minimum absolute atomic E-state index is 0.0495. The number of nitrogens with one attached hydrogen (secondary N) is 1. The van der Waals surface area contributed by atoms with Crippen molar-refractivity contribution in [3.8, 4) is 0 Å². The molecule has 0 bridgehead atoms. The number of hydrogen-bond acceptors (Lipinski definition) is 2. The molecule has 1 fully saturated rings. The van der Waals surface area contributed by atoms with Crippen LogP contribution in [0.3, 0.4) is 0 Å². The Morgan fingerprint density at radius 3 is 2.79 bits per heavy atom. The predicted molar refractivity (Wildman–Crippen MR) is 65.0 cm³/mol. The minimum Gasteiger partial charge on any atom is -0.396 e. The van der Waals surface area contributed by atoms with Gasteiger partial charge in [-0.05, 0) is 18.9 Å². The summed E-state index contributed by atoms with van der Waals surface area (Å²) in [5.41, 5.74) is -0.794.